The summed E-state index contributed by atoms with van der Waals surface area (Å²) in [6, 6.07) is 0. The van der Waals surface area contributed by atoms with Crippen molar-refractivity contribution in [3.8, 4) is 0 Å². The summed E-state index contributed by atoms with van der Waals surface area (Å²) < 4.78 is 0. The van der Waals surface area contributed by atoms with Crippen LogP contribution in [0.4, 0.5) is 0 Å². The van der Waals surface area contributed by atoms with Gasteiger partial charge in [-0.1, -0.05) is 187 Å². The predicted octanol–water partition coefficient (Wildman–Crippen LogP) is 13.8. The Balaban J connectivity index is 4.31. The molecule has 0 amide bonds. The normalized spacial score (nSPS) is 13.3. The Labute approximate surface area is 253 Å². The molecule has 0 spiro atoms. The lowest BCUT2D eigenvalue weighted by Gasteiger charge is -2.30. The second-order valence-corrected chi connectivity index (χ2v) is 13.0. The highest BCUT2D eigenvalue weighted by atomic mass is 16.4. The van der Waals surface area contributed by atoms with E-state index < -0.39 is 11.4 Å². The quantitative estimate of drug-likeness (QED) is 0.0638. The molecule has 2 nitrogen and oxygen atoms in total. The fraction of sp³-hybridized carbons (Fsp3) is 0.921. The third-order valence-corrected chi connectivity index (χ3v) is 9.14. The molecule has 0 saturated heterocycles. The summed E-state index contributed by atoms with van der Waals surface area (Å²) in [5.41, 5.74) is -0.470. The number of aliphatic carboxylic acids is 1. The molecular formula is C38H74O2. The molecule has 0 aliphatic carbocycles. The minimum Gasteiger partial charge on any atom is -0.481 e. The molecule has 0 aromatic rings. The molecule has 2 heteroatoms. The third-order valence-electron chi connectivity index (χ3n) is 9.14. The van der Waals surface area contributed by atoms with E-state index in [1.807, 2.05) is 0 Å². The van der Waals surface area contributed by atoms with Crippen LogP contribution in [0.5, 0.6) is 0 Å². The van der Waals surface area contributed by atoms with Crippen LogP contribution in [0.25, 0.3) is 0 Å². The van der Waals surface area contributed by atoms with Crippen molar-refractivity contribution in [3.05, 3.63) is 12.2 Å². The number of carboxylic acid groups (broad SMARTS) is 1. The van der Waals surface area contributed by atoms with Gasteiger partial charge in [-0.25, -0.2) is 0 Å². The Hall–Kier alpha value is -0.790. The van der Waals surface area contributed by atoms with Gasteiger partial charge in [0, 0.05) is 0 Å². The zero-order valence-corrected chi connectivity index (χ0v) is 27.9. The van der Waals surface area contributed by atoms with E-state index in [1.54, 1.807) is 0 Å². The molecule has 0 aromatic heterocycles. The van der Waals surface area contributed by atoms with Crippen molar-refractivity contribution in [1.82, 2.24) is 0 Å². The lowest BCUT2D eigenvalue weighted by Crippen LogP contribution is -2.31. The first kappa shape index (κ1) is 39.2. The van der Waals surface area contributed by atoms with Crippen molar-refractivity contribution < 1.29 is 9.90 Å². The van der Waals surface area contributed by atoms with Crippen LogP contribution in [0, 0.1) is 5.41 Å². The van der Waals surface area contributed by atoms with Gasteiger partial charge in [-0.2, -0.15) is 0 Å². The zero-order chi connectivity index (χ0) is 29.4. The predicted molar refractivity (Wildman–Crippen MR) is 179 cm³/mol. The molecule has 0 rings (SSSR count). The first-order chi connectivity index (χ1) is 19.6. The van der Waals surface area contributed by atoms with Crippen LogP contribution in [0.1, 0.15) is 220 Å². The van der Waals surface area contributed by atoms with Crippen molar-refractivity contribution >= 4 is 5.97 Å². The van der Waals surface area contributed by atoms with Crippen molar-refractivity contribution in [1.29, 1.82) is 0 Å². The summed E-state index contributed by atoms with van der Waals surface area (Å²) in [5, 5.41) is 10.4. The van der Waals surface area contributed by atoms with Gasteiger partial charge in [-0.3, -0.25) is 4.79 Å². The van der Waals surface area contributed by atoms with Gasteiger partial charge in [-0.15, -0.1) is 0 Å². The highest BCUT2D eigenvalue weighted by molar-refractivity contribution is 5.74. The van der Waals surface area contributed by atoms with Crippen LogP contribution in [-0.4, -0.2) is 11.1 Å². The average molecular weight is 563 g/mol. The molecule has 0 radical (unpaired) electrons. The minimum atomic E-state index is -0.505. The minimum absolute atomic E-state index is 0.470. The van der Waals surface area contributed by atoms with E-state index in [9.17, 15) is 9.90 Å². The van der Waals surface area contributed by atoms with Crippen LogP contribution in [-0.2, 0) is 4.79 Å². The van der Waals surface area contributed by atoms with Crippen molar-refractivity contribution in [3.63, 3.8) is 0 Å². The molecule has 0 saturated carbocycles. The highest BCUT2D eigenvalue weighted by Gasteiger charge is 2.36. The Morgan fingerprint density at radius 2 is 0.675 bits per heavy atom. The standard InChI is InChI=1S/C38H74O2/c1-4-7-10-13-16-18-20-21-22-23-25-27-30-33-36-38(37(39)40,34-31-28-15-12-9-6-3)35-32-29-26-24-19-17-14-11-8-5-2/h21-22H,4-20,23-36H2,1-3H3,(H,39,40). The van der Waals surface area contributed by atoms with Crippen molar-refractivity contribution in [2.45, 2.75) is 220 Å². The second kappa shape index (κ2) is 31.2. The summed E-state index contributed by atoms with van der Waals surface area (Å²) in [6.45, 7) is 6.82. The van der Waals surface area contributed by atoms with Gasteiger partial charge in [0.25, 0.3) is 0 Å². The van der Waals surface area contributed by atoms with Crippen molar-refractivity contribution in [2.24, 2.45) is 5.41 Å². The topological polar surface area (TPSA) is 37.3 Å². The van der Waals surface area contributed by atoms with E-state index in [1.165, 1.54) is 161 Å². The number of unbranched alkanes of at least 4 members (excludes halogenated alkanes) is 24. The van der Waals surface area contributed by atoms with Gasteiger partial charge in [-0.05, 0) is 44.9 Å². The van der Waals surface area contributed by atoms with Crippen molar-refractivity contribution in [2.75, 3.05) is 0 Å². The average Bonchev–Trinajstić information content (AvgIpc) is 2.95. The van der Waals surface area contributed by atoms with Crippen LogP contribution in [0.2, 0.25) is 0 Å². The summed E-state index contributed by atoms with van der Waals surface area (Å²) in [4.78, 5) is 12.6. The van der Waals surface area contributed by atoms with Gasteiger partial charge in [0.2, 0.25) is 0 Å². The summed E-state index contributed by atoms with van der Waals surface area (Å²) in [7, 11) is 0. The van der Waals surface area contributed by atoms with E-state index in [-0.39, 0.29) is 0 Å². The molecule has 40 heavy (non-hydrogen) atoms. The maximum atomic E-state index is 12.6. The van der Waals surface area contributed by atoms with Gasteiger partial charge < -0.3 is 5.11 Å². The maximum absolute atomic E-state index is 12.6. The highest BCUT2D eigenvalue weighted by Crippen LogP contribution is 2.38. The number of hydrogen-bond donors (Lipinski definition) is 1. The lowest BCUT2D eigenvalue weighted by atomic mass is 9.74. The largest absolute Gasteiger partial charge is 0.481 e. The first-order valence-electron chi connectivity index (χ1n) is 18.5. The Morgan fingerprint density at radius 1 is 0.425 bits per heavy atom. The summed E-state index contributed by atoms with van der Waals surface area (Å²) in [6.07, 6.45) is 43.5. The van der Waals surface area contributed by atoms with Crippen LogP contribution in [0.3, 0.4) is 0 Å². The number of carbonyl (C=O) groups is 1. The lowest BCUT2D eigenvalue weighted by molar-refractivity contribution is -0.150. The third kappa shape index (κ3) is 25.0. The van der Waals surface area contributed by atoms with Gasteiger partial charge >= 0.3 is 5.97 Å². The maximum Gasteiger partial charge on any atom is 0.309 e. The first-order valence-corrected chi connectivity index (χ1v) is 18.5. The second-order valence-electron chi connectivity index (χ2n) is 13.0. The molecule has 1 unspecified atom stereocenters. The molecule has 1 N–H and O–H groups in total. The number of rotatable bonds is 33. The Bertz CT molecular complexity index is 540. The molecule has 0 aromatic carbocycles. The van der Waals surface area contributed by atoms with Gasteiger partial charge in [0.05, 0.1) is 5.41 Å². The zero-order valence-electron chi connectivity index (χ0n) is 27.9. The molecule has 0 heterocycles. The number of hydrogen-bond acceptors (Lipinski definition) is 1. The fourth-order valence-corrected chi connectivity index (χ4v) is 6.25. The van der Waals surface area contributed by atoms with E-state index in [0.29, 0.717) is 0 Å². The molecular weight excluding hydrogens is 488 g/mol. The summed E-state index contributed by atoms with van der Waals surface area (Å²) >= 11 is 0. The van der Waals surface area contributed by atoms with E-state index in [4.69, 9.17) is 0 Å². The van der Waals surface area contributed by atoms with Crippen LogP contribution < -0.4 is 0 Å². The smallest absolute Gasteiger partial charge is 0.309 e. The molecule has 0 aliphatic heterocycles. The SMILES string of the molecule is CCCCCCCCC=CCCCCCCC(CCCCCCCC)(CCCCCCCCCCCC)C(=O)O. The van der Waals surface area contributed by atoms with Gasteiger partial charge in [0.1, 0.15) is 0 Å². The Morgan fingerprint density at radius 3 is 0.950 bits per heavy atom. The van der Waals surface area contributed by atoms with Crippen LogP contribution in [0.15, 0.2) is 12.2 Å². The molecule has 238 valence electrons. The number of allylic oxidation sites excluding steroid dienone is 2. The molecule has 0 fully saturated rings. The van der Waals surface area contributed by atoms with E-state index in [2.05, 4.69) is 32.9 Å². The van der Waals surface area contributed by atoms with E-state index >= 15 is 0 Å². The fourth-order valence-electron chi connectivity index (χ4n) is 6.25. The molecule has 0 bridgehead atoms. The Kier molecular flexibility index (Phi) is 30.5. The monoisotopic (exact) mass is 563 g/mol. The van der Waals surface area contributed by atoms with Crippen LogP contribution >= 0.6 is 0 Å². The molecule has 0 aliphatic rings. The summed E-state index contributed by atoms with van der Waals surface area (Å²) in [5.74, 6) is -0.505. The van der Waals surface area contributed by atoms with E-state index in [0.717, 1.165) is 38.5 Å². The number of carboxylic acids is 1. The van der Waals surface area contributed by atoms with Gasteiger partial charge in [0.15, 0.2) is 0 Å². The molecule has 1 atom stereocenters.